The minimum absolute atomic E-state index is 0.126. The van der Waals surface area contributed by atoms with E-state index < -0.39 is 72.0 Å². The topological polar surface area (TPSA) is 244 Å². The Morgan fingerprint density at radius 1 is 0.558 bits per heavy atom. The molecule has 468 valence electrons. The molecular weight excluding hydrogens is 1090 g/mol. The number of hydrogen-bond donors (Lipinski definition) is 6. The Morgan fingerprint density at radius 2 is 1.12 bits per heavy atom. The summed E-state index contributed by atoms with van der Waals surface area (Å²) in [7, 11) is 3.87. The predicted molar refractivity (Wildman–Crippen MR) is 332 cm³/mol. The number of aromatic amines is 1. The molecule has 6 heterocycles. The first-order valence-electron chi connectivity index (χ1n) is 32.4. The van der Waals surface area contributed by atoms with E-state index in [1.807, 2.05) is 94.3 Å². The van der Waals surface area contributed by atoms with E-state index in [0.29, 0.717) is 142 Å². The lowest BCUT2D eigenvalue weighted by molar-refractivity contribution is -0.147. The molecule has 0 radical (unpaired) electrons. The lowest BCUT2D eigenvalue weighted by atomic mass is 9.88. The summed E-state index contributed by atoms with van der Waals surface area (Å²) >= 11 is 0. The maximum atomic E-state index is 15.2. The van der Waals surface area contributed by atoms with Gasteiger partial charge in [0, 0.05) is 99.0 Å². The van der Waals surface area contributed by atoms with Gasteiger partial charge in [-0.15, -0.1) is 0 Å². The molecule has 0 saturated carbocycles. The number of carbonyl (C=O) groups is 9. The van der Waals surface area contributed by atoms with Crippen molar-refractivity contribution < 1.29 is 43.2 Å². The summed E-state index contributed by atoms with van der Waals surface area (Å²) in [5.41, 5.74) is 3.80. The first-order valence-corrected chi connectivity index (χ1v) is 32.4. The van der Waals surface area contributed by atoms with E-state index >= 15 is 9.59 Å². The molecule has 4 aliphatic heterocycles. The Bertz CT molecular complexity index is 3020. The molecule has 2 aromatic carbocycles. The number of unbranched alkanes of at least 4 members (excludes halogenated alkanes) is 5. The van der Waals surface area contributed by atoms with Crippen molar-refractivity contribution >= 4 is 74.7 Å². The van der Waals surface area contributed by atoms with Crippen LogP contribution >= 0.6 is 0 Å². The number of H-pyrrole nitrogens is 1. The summed E-state index contributed by atoms with van der Waals surface area (Å²) in [5.74, 6) is -2.65. The zero-order valence-corrected chi connectivity index (χ0v) is 51.9. The highest BCUT2D eigenvalue weighted by Crippen LogP contribution is 2.30. The van der Waals surface area contributed by atoms with Crippen LogP contribution < -0.4 is 26.6 Å². The van der Waals surface area contributed by atoms with Crippen molar-refractivity contribution in [1.29, 1.82) is 0 Å². The number of hydrogen-bond acceptors (Lipinski definition) is 10. The molecule has 10 atom stereocenters. The fraction of sp³-hybridized carbons (Fsp3) is 0.627. The molecule has 7 amide bonds. The van der Waals surface area contributed by atoms with Gasteiger partial charge in [-0.3, -0.25) is 48.1 Å². The van der Waals surface area contributed by atoms with E-state index in [-0.39, 0.29) is 47.5 Å². The number of fused-ring (bicyclic) bond motifs is 4. The van der Waals surface area contributed by atoms with Crippen LogP contribution in [-0.2, 0) is 63.0 Å². The number of nitrogens with one attached hydrogen (secondary N) is 6. The van der Waals surface area contributed by atoms with Gasteiger partial charge in [0.1, 0.15) is 47.8 Å². The third kappa shape index (κ3) is 16.6. The van der Waals surface area contributed by atoms with Crippen LogP contribution in [0.4, 0.5) is 0 Å². The molecule has 19 nitrogen and oxygen atoms in total. The van der Waals surface area contributed by atoms with Crippen molar-refractivity contribution in [3.63, 3.8) is 0 Å². The molecule has 0 aliphatic carbocycles. The van der Waals surface area contributed by atoms with Gasteiger partial charge in [0.2, 0.25) is 41.4 Å². The van der Waals surface area contributed by atoms with Gasteiger partial charge >= 0.3 is 0 Å². The number of para-hydroxylation sites is 2. The number of Topliss-reactive ketones (excluding diaryl/α,β-unsaturated/α-hetero) is 2. The number of carbonyl (C=O) groups excluding carboxylic acids is 9. The van der Waals surface area contributed by atoms with Gasteiger partial charge in [0.25, 0.3) is 0 Å². The van der Waals surface area contributed by atoms with Gasteiger partial charge in [-0.05, 0) is 119 Å². The van der Waals surface area contributed by atoms with Gasteiger partial charge in [-0.1, -0.05) is 103 Å². The number of nitrogens with zero attached hydrogens (tertiary/aromatic N) is 4. The molecule has 4 aliphatic rings. The van der Waals surface area contributed by atoms with Gasteiger partial charge < -0.3 is 45.9 Å². The number of likely N-dealkylation sites (N-methyl/N-ethyl adjacent to an activating group) is 1. The molecule has 4 aromatic rings. The van der Waals surface area contributed by atoms with Gasteiger partial charge in [-0.25, -0.2) is 0 Å². The average molecular weight is 1190 g/mol. The van der Waals surface area contributed by atoms with Gasteiger partial charge in [0.15, 0.2) is 0 Å². The van der Waals surface area contributed by atoms with Crippen molar-refractivity contribution in [3.05, 3.63) is 72.1 Å². The molecule has 1 unspecified atom stereocenters. The molecule has 2 aromatic heterocycles. The van der Waals surface area contributed by atoms with E-state index in [9.17, 15) is 33.6 Å². The third-order valence-corrected chi connectivity index (χ3v) is 18.9. The second-order valence-corrected chi connectivity index (χ2v) is 25.3. The molecule has 4 saturated heterocycles. The van der Waals surface area contributed by atoms with Crippen molar-refractivity contribution in [2.24, 2.45) is 18.9 Å². The number of amides is 7. The normalized spacial score (nSPS) is 24.7. The van der Waals surface area contributed by atoms with Gasteiger partial charge in [-0.2, -0.15) is 0 Å². The van der Waals surface area contributed by atoms with Crippen LogP contribution in [0.2, 0.25) is 0 Å². The van der Waals surface area contributed by atoms with E-state index in [0.717, 1.165) is 52.2 Å². The van der Waals surface area contributed by atoms with E-state index in [2.05, 4.69) is 49.5 Å². The summed E-state index contributed by atoms with van der Waals surface area (Å²) in [6, 6.07) is 9.37. The van der Waals surface area contributed by atoms with Crippen molar-refractivity contribution in [2.75, 3.05) is 26.7 Å². The highest BCUT2D eigenvalue weighted by atomic mass is 16.2. The van der Waals surface area contributed by atoms with Crippen LogP contribution in [0.25, 0.3) is 21.8 Å². The zero-order chi connectivity index (χ0) is 61.4. The fourth-order valence-electron chi connectivity index (χ4n) is 13.8. The maximum Gasteiger partial charge on any atom is 0.246 e. The Kier molecular flexibility index (Phi) is 23.6. The summed E-state index contributed by atoms with van der Waals surface area (Å²) in [4.78, 5) is 136. The lowest BCUT2D eigenvalue weighted by Gasteiger charge is -2.40. The van der Waals surface area contributed by atoms with E-state index in [4.69, 9.17) is 0 Å². The van der Waals surface area contributed by atoms with Crippen LogP contribution in [0.1, 0.15) is 174 Å². The third-order valence-electron chi connectivity index (χ3n) is 18.9. The molecule has 8 rings (SSSR count). The van der Waals surface area contributed by atoms with Crippen molar-refractivity contribution in [1.82, 2.24) is 50.8 Å². The molecule has 0 bridgehead atoms. The standard InChI is InChI=1S/C67H96N10O9/c1-7-48(78)26-11-9-13-31-53-61(80)69-47(38-45-40-68-52-30-19-17-28-50(45)52)42-75(6)60(67(86)77-37-23-35-58(77)65(84)70-53)44(4)25-16-15-24-43(3)59-66(85)76-36-22-21-34-57(76)64(83)71-54(32-14-10-12-27-49(79)8-2)62(81)72-55(63(82)73-59)39-46-41-74(5)56-33-20-18-29-51(46)56/h17-20,28-30,33,40-41,43-44,47,53-55,57-60,68H,7-16,21-27,31-32,34-39,42H2,1-6H3,(H,69,80)(H,70,84)(H,71,83)(H,72,81)(H,73,82)/t43?,44-,47-,53-,54-,55-,57+,58+,59-,60-/m0/s1. The van der Waals surface area contributed by atoms with Gasteiger partial charge in [0.05, 0.1) is 6.04 Å². The number of benzene rings is 2. The molecule has 4 fully saturated rings. The largest absolute Gasteiger partial charge is 0.361 e. The smallest absolute Gasteiger partial charge is 0.246 e. The quantitative estimate of drug-likeness (QED) is 0.0363. The Morgan fingerprint density at radius 3 is 1.78 bits per heavy atom. The minimum Gasteiger partial charge on any atom is -0.361 e. The van der Waals surface area contributed by atoms with Crippen molar-refractivity contribution in [2.45, 2.75) is 224 Å². The first-order chi connectivity index (χ1) is 41.5. The molecule has 6 N–H and O–H groups in total. The highest BCUT2D eigenvalue weighted by Gasteiger charge is 2.44. The zero-order valence-electron chi connectivity index (χ0n) is 51.9. The van der Waals surface area contributed by atoms with E-state index in [1.165, 1.54) is 0 Å². The summed E-state index contributed by atoms with van der Waals surface area (Å²) < 4.78 is 1.98. The van der Waals surface area contributed by atoms with Crippen LogP contribution in [0.15, 0.2) is 60.9 Å². The average Bonchev–Trinajstić information content (AvgIpc) is 3.88. The SMILES string of the molecule is CCC(=O)CCCCC[C@@H]1NC(=O)[C@H]2CCCCN2C(=O)[C@H](C(C)CCCC[C@H](C)[C@H]2C(=O)N3CCC[C@@H]3C(=O)N[C@@H](CCCCCC(=O)CC)C(=O)N[C@@H](Cc3c[nH]c4ccccc34)CN2C)NC(=O)[C@H](Cc2cn(C)c3ccccc23)NC1=O. The number of rotatable bonds is 25. The first kappa shape index (κ1) is 65.1. The number of aromatic nitrogens is 2. The molecule has 0 spiro atoms. The number of aryl methyl sites for hydroxylation is 1. The van der Waals surface area contributed by atoms with Crippen molar-refractivity contribution in [3.8, 4) is 0 Å². The van der Waals surface area contributed by atoms with Crippen LogP contribution in [0.5, 0.6) is 0 Å². The lowest BCUT2D eigenvalue weighted by Crippen LogP contribution is -2.64. The Hall–Kier alpha value is -6.89. The molecule has 19 heteroatoms. The summed E-state index contributed by atoms with van der Waals surface area (Å²) in [6.45, 7) is 8.82. The fourth-order valence-corrected chi connectivity index (χ4v) is 13.8. The molecule has 86 heavy (non-hydrogen) atoms. The molecular formula is C67H96N10O9. The van der Waals surface area contributed by atoms with E-state index in [1.54, 1.807) is 9.80 Å². The Labute approximate surface area is 508 Å². The second-order valence-electron chi connectivity index (χ2n) is 25.3. The number of ketones is 2. The predicted octanol–water partition coefficient (Wildman–Crippen LogP) is 7.26. The Balaban J connectivity index is 0.997. The summed E-state index contributed by atoms with van der Waals surface area (Å²) in [5, 5.41) is 17.6. The van der Waals surface area contributed by atoms with Crippen LogP contribution in [0, 0.1) is 11.8 Å². The summed E-state index contributed by atoms with van der Waals surface area (Å²) in [6.07, 6.45) is 16.6. The second kappa shape index (κ2) is 31.1. The van der Waals surface area contributed by atoms with Crippen LogP contribution in [0.3, 0.4) is 0 Å². The monoisotopic (exact) mass is 1180 g/mol. The highest BCUT2D eigenvalue weighted by molar-refractivity contribution is 5.99. The minimum atomic E-state index is -1.09. The van der Waals surface area contributed by atoms with Crippen LogP contribution in [-0.4, -0.2) is 152 Å². The number of piperidine rings is 1. The maximum absolute atomic E-state index is 15.2.